The second kappa shape index (κ2) is 11.8. The average molecular weight is 527 g/mol. The van der Waals surface area contributed by atoms with Gasteiger partial charge in [-0.05, 0) is 112 Å². The molecule has 3 aromatic carbocycles. The summed E-state index contributed by atoms with van der Waals surface area (Å²) in [6, 6.07) is 17.3. The second-order valence-corrected chi connectivity index (χ2v) is 11.4. The number of amides is 1. The number of rotatable bonds is 10. The van der Waals surface area contributed by atoms with Gasteiger partial charge < -0.3 is 10.1 Å². The Kier molecular flexibility index (Phi) is 9.08. The monoisotopic (exact) mass is 526 g/mol. The third kappa shape index (κ3) is 6.42. The van der Waals surface area contributed by atoms with E-state index in [1.54, 1.807) is 48.5 Å². The van der Waals surface area contributed by atoms with Gasteiger partial charge in [0.25, 0.3) is 10.0 Å². The van der Waals surface area contributed by atoms with Gasteiger partial charge in [0.15, 0.2) is 0 Å². The number of benzene rings is 3. The van der Waals surface area contributed by atoms with Crippen LogP contribution in [0.5, 0.6) is 5.75 Å². The molecule has 0 aliphatic carbocycles. The summed E-state index contributed by atoms with van der Waals surface area (Å²) in [5.74, 6) is 0.240. The smallest absolute Gasteiger partial charge is 0.264 e. The Bertz CT molecular complexity index is 1300. The predicted octanol–water partition coefficient (Wildman–Crippen LogP) is 5.81. The van der Waals surface area contributed by atoms with E-state index in [1.807, 2.05) is 34.0 Å². The van der Waals surface area contributed by atoms with Crippen molar-refractivity contribution in [2.45, 2.75) is 50.5 Å². The average Bonchev–Trinajstić information content (AvgIpc) is 2.85. The molecule has 8 heteroatoms. The van der Waals surface area contributed by atoms with Crippen LogP contribution in [-0.4, -0.2) is 33.7 Å². The van der Waals surface area contributed by atoms with Gasteiger partial charge in [0.1, 0.15) is 12.3 Å². The molecule has 0 aliphatic rings. The zero-order valence-corrected chi connectivity index (χ0v) is 23.3. The molecular weight excluding hydrogens is 492 g/mol. The second-order valence-electron chi connectivity index (χ2n) is 8.70. The molecule has 3 rings (SSSR count). The molecule has 0 unspecified atom stereocenters. The van der Waals surface area contributed by atoms with Gasteiger partial charge in [-0.1, -0.05) is 12.1 Å². The van der Waals surface area contributed by atoms with Crippen LogP contribution in [0.3, 0.4) is 0 Å². The minimum atomic E-state index is -4.00. The molecule has 0 saturated carbocycles. The lowest BCUT2D eigenvalue weighted by molar-refractivity contribution is -0.120. The minimum absolute atomic E-state index is 0.125. The van der Waals surface area contributed by atoms with Gasteiger partial charge in [0, 0.05) is 4.90 Å². The van der Waals surface area contributed by atoms with Crippen molar-refractivity contribution in [3.8, 4) is 5.75 Å². The number of nitrogens with one attached hydrogen (secondary N) is 1. The number of carbonyl (C=O) groups excluding carboxylic acids is 1. The Balaban J connectivity index is 1.91. The van der Waals surface area contributed by atoms with Gasteiger partial charge in [-0.3, -0.25) is 9.10 Å². The first-order chi connectivity index (χ1) is 17.1. The molecule has 0 aromatic heterocycles. The van der Waals surface area contributed by atoms with Crippen molar-refractivity contribution < 1.29 is 17.9 Å². The highest BCUT2D eigenvalue weighted by Gasteiger charge is 2.28. The largest absolute Gasteiger partial charge is 0.494 e. The summed E-state index contributed by atoms with van der Waals surface area (Å²) >= 11 is 1.53. The summed E-state index contributed by atoms with van der Waals surface area (Å²) in [6.07, 6.45) is 1.93. The van der Waals surface area contributed by atoms with Crippen molar-refractivity contribution >= 4 is 33.4 Å². The summed E-state index contributed by atoms with van der Waals surface area (Å²) in [7, 11) is -4.00. The van der Waals surface area contributed by atoms with Crippen LogP contribution in [-0.2, 0) is 14.8 Å². The van der Waals surface area contributed by atoms with E-state index >= 15 is 0 Å². The van der Waals surface area contributed by atoms with E-state index in [0.717, 1.165) is 25.9 Å². The van der Waals surface area contributed by atoms with Gasteiger partial charge in [-0.15, -0.1) is 11.8 Å². The quantitative estimate of drug-likeness (QED) is 0.338. The van der Waals surface area contributed by atoms with Crippen LogP contribution in [0.25, 0.3) is 0 Å². The van der Waals surface area contributed by atoms with Crippen molar-refractivity contribution in [2.75, 3.05) is 23.7 Å². The Morgan fingerprint density at radius 1 is 0.972 bits per heavy atom. The highest BCUT2D eigenvalue weighted by molar-refractivity contribution is 7.98. The number of hydrogen-bond acceptors (Lipinski definition) is 5. The van der Waals surface area contributed by atoms with Crippen LogP contribution in [0.1, 0.15) is 42.1 Å². The van der Waals surface area contributed by atoms with Gasteiger partial charge in [0.05, 0.1) is 23.2 Å². The van der Waals surface area contributed by atoms with E-state index in [9.17, 15) is 13.2 Å². The van der Waals surface area contributed by atoms with E-state index in [4.69, 9.17) is 4.74 Å². The molecule has 3 aromatic rings. The number of hydrogen-bond donors (Lipinski definition) is 1. The molecule has 0 saturated heterocycles. The topological polar surface area (TPSA) is 75.7 Å². The fourth-order valence-corrected chi connectivity index (χ4v) is 5.84. The van der Waals surface area contributed by atoms with Crippen LogP contribution < -0.4 is 14.4 Å². The first kappa shape index (κ1) is 27.6. The molecule has 0 spiro atoms. The Morgan fingerprint density at radius 2 is 1.58 bits per heavy atom. The fourth-order valence-electron chi connectivity index (χ4n) is 4.01. The minimum Gasteiger partial charge on any atom is -0.494 e. The molecule has 6 nitrogen and oxygen atoms in total. The molecule has 0 heterocycles. The predicted molar refractivity (Wildman–Crippen MR) is 148 cm³/mol. The van der Waals surface area contributed by atoms with Gasteiger partial charge in [-0.2, -0.15) is 0 Å². The Morgan fingerprint density at radius 3 is 2.17 bits per heavy atom. The molecule has 1 amide bonds. The molecular formula is C28H34N2O4S2. The summed E-state index contributed by atoms with van der Waals surface area (Å²) in [5.41, 5.74) is 4.81. The fraction of sp³-hybridized carbons (Fsp3) is 0.321. The maximum absolute atomic E-state index is 13.7. The van der Waals surface area contributed by atoms with E-state index in [-0.39, 0.29) is 17.5 Å². The maximum Gasteiger partial charge on any atom is 0.264 e. The number of thioether (sulfide) groups is 1. The standard InChI is InChI=1S/C28H34N2O4S2/c1-7-34-24-10-8-23(9-11-24)30(36(32,33)26-14-12-25(35-6)13-15-26)18-28(31)29-22(5)27-17-20(3)19(2)16-21(27)4/h8-17,22H,7,18H2,1-6H3,(H,29,31)/t22-/m1/s1. The van der Waals surface area contributed by atoms with E-state index in [2.05, 4.69) is 24.4 Å². The van der Waals surface area contributed by atoms with E-state index in [1.165, 1.54) is 17.3 Å². The molecule has 0 aliphatic heterocycles. The van der Waals surface area contributed by atoms with Crippen molar-refractivity contribution in [2.24, 2.45) is 0 Å². The highest BCUT2D eigenvalue weighted by atomic mass is 32.2. The first-order valence-electron chi connectivity index (χ1n) is 11.8. The number of ether oxygens (including phenoxy) is 1. The van der Waals surface area contributed by atoms with Crippen molar-refractivity contribution in [1.82, 2.24) is 5.32 Å². The molecule has 0 bridgehead atoms. The zero-order valence-electron chi connectivity index (χ0n) is 21.7. The van der Waals surface area contributed by atoms with Crippen molar-refractivity contribution in [3.05, 3.63) is 82.9 Å². The summed E-state index contributed by atoms with van der Waals surface area (Å²) in [4.78, 5) is 14.3. The molecule has 1 atom stereocenters. The van der Waals surface area contributed by atoms with Crippen LogP contribution in [0.15, 0.2) is 70.5 Å². The third-order valence-corrected chi connectivity index (χ3v) is 8.63. The highest BCUT2D eigenvalue weighted by Crippen LogP contribution is 2.28. The number of sulfonamides is 1. The van der Waals surface area contributed by atoms with Gasteiger partial charge >= 0.3 is 0 Å². The normalized spacial score (nSPS) is 12.2. The maximum atomic E-state index is 13.7. The van der Waals surface area contributed by atoms with Crippen LogP contribution >= 0.6 is 11.8 Å². The van der Waals surface area contributed by atoms with Crippen LogP contribution in [0, 0.1) is 20.8 Å². The van der Waals surface area contributed by atoms with E-state index in [0.29, 0.717) is 18.0 Å². The third-order valence-electron chi connectivity index (χ3n) is 6.10. The number of carbonyl (C=O) groups is 1. The molecule has 36 heavy (non-hydrogen) atoms. The van der Waals surface area contributed by atoms with Gasteiger partial charge in [-0.25, -0.2) is 8.42 Å². The van der Waals surface area contributed by atoms with Crippen LogP contribution in [0.4, 0.5) is 5.69 Å². The van der Waals surface area contributed by atoms with Crippen LogP contribution in [0.2, 0.25) is 0 Å². The van der Waals surface area contributed by atoms with Crippen molar-refractivity contribution in [1.29, 1.82) is 0 Å². The summed E-state index contributed by atoms with van der Waals surface area (Å²) in [5, 5.41) is 2.98. The lowest BCUT2D eigenvalue weighted by Gasteiger charge is -2.26. The first-order valence-corrected chi connectivity index (χ1v) is 14.5. The van der Waals surface area contributed by atoms with Gasteiger partial charge in [0.2, 0.25) is 5.91 Å². The number of nitrogens with zero attached hydrogens (tertiary/aromatic N) is 1. The zero-order chi connectivity index (χ0) is 26.5. The molecule has 0 radical (unpaired) electrons. The Hall–Kier alpha value is -2.97. The molecule has 192 valence electrons. The lowest BCUT2D eigenvalue weighted by atomic mass is 9.96. The summed E-state index contributed by atoms with van der Waals surface area (Å²) in [6.45, 7) is 10.0. The lowest BCUT2D eigenvalue weighted by Crippen LogP contribution is -2.41. The number of anilines is 1. The SMILES string of the molecule is CCOc1ccc(N(CC(=O)N[C@H](C)c2cc(C)c(C)cc2C)S(=O)(=O)c2ccc(SC)cc2)cc1. The Labute approximate surface area is 219 Å². The van der Waals surface area contributed by atoms with E-state index < -0.39 is 15.9 Å². The van der Waals surface area contributed by atoms with Crippen molar-refractivity contribution in [3.63, 3.8) is 0 Å². The molecule has 1 N–H and O–H groups in total. The summed E-state index contributed by atoms with van der Waals surface area (Å²) < 4.78 is 34.0. The molecule has 0 fully saturated rings. The number of aryl methyl sites for hydroxylation is 3.